The molecule has 29 heavy (non-hydrogen) atoms. The van der Waals surface area contributed by atoms with E-state index >= 15 is 0 Å². The average molecular weight is 395 g/mol. The number of carbonyl (C=O) groups excluding carboxylic acids is 1. The number of piperidine rings is 1. The largest absolute Gasteiger partial charge is 0.465 e. The van der Waals surface area contributed by atoms with Gasteiger partial charge in [0.05, 0.1) is 5.69 Å². The second kappa shape index (κ2) is 8.30. The Morgan fingerprint density at radius 3 is 2.79 bits per heavy atom. The van der Waals surface area contributed by atoms with Gasteiger partial charge in [0.25, 0.3) is 0 Å². The summed E-state index contributed by atoms with van der Waals surface area (Å²) in [6, 6.07) is 8.87. The molecule has 8 heteroatoms. The molecule has 2 aromatic heterocycles. The topological polar surface area (TPSA) is 106 Å². The van der Waals surface area contributed by atoms with Crippen molar-refractivity contribution >= 4 is 23.3 Å². The van der Waals surface area contributed by atoms with Gasteiger partial charge in [-0.15, -0.1) is 0 Å². The molecule has 0 bridgehead atoms. The van der Waals surface area contributed by atoms with Gasteiger partial charge in [-0.25, -0.2) is 9.78 Å². The van der Waals surface area contributed by atoms with E-state index in [-0.39, 0.29) is 0 Å². The number of hydrogen-bond donors (Lipinski definition) is 1. The van der Waals surface area contributed by atoms with Crippen molar-refractivity contribution in [3.8, 4) is 11.6 Å². The van der Waals surface area contributed by atoms with Crippen LogP contribution in [-0.4, -0.2) is 45.6 Å². The molecule has 1 saturated heterocycles. The van der Waals surface area contributed by atoms with Crippen LogP contribution < -0.4 is 4.74 Å². The van der Waals surface area contributed by atoms with Crippen molar-refractivity contribution in [2.24, 2.45) is 5.92 Å². The maximum atomic E-state index is 11.7. The Hall–Kier alpha value is -3.42. The van der Waals surface area contributed by atoms with Crippen LogP contribution in [0.3, 0.4) is 0 Å². The molecule has 1 fully saturated rings. The maximum Gasteiger partial charge on any atom is 0.407 e. The van der Waals surface area contributed by atoms with Crippen molar-refractivity contribution in [2.75, 3.05) is 13.1 Å². The molecule has 0 atom stereocenters. The molecule has 0 radical (unpaired) electrons. The van der Waals surface area contributed by atoms with Crippen LogP contribution in [0.25, 0.3) is 11.0 Å². The van der Waals surface area contributed by atoms with Crippen LogP contribution in [0, 0.1) is 5.92 Å². The Morgan fingerprint density at radius 2 is 2.10 bits per heavy atom. The third kappa shape index (κ3) is 4.06. The van der Waals surface area contributed by atoms with Crippen LogP contribution in [0.5, 0.6) is 11.6 Å². The van der Waals surface area contributed by atoms with Gasteiger partial charge in [-0.2, -0.15) is 0 Å². The fourth-order valence-corrected chi connectivity index (χ4v) is 3.71. The molecule has 0 aliphatic carbocycles. The van der Waals surface area contributed by atoms with E-state index < -0.39 is 6.09 Å². The van der Waals surface area contributed by atoms with Gasteiger partial charge in [0.1, 0.15) is 11.3 Å². The number of carbonyl (C=O) groups is 2. The quantitative estimate of drug-likeness (QED) is 0.625. The smallest absolute Gasteiger partial charge is 0.407 e. The van der Waals surface area contributed by atoms with Gasteiger partial charge in [-0.1, -0.05) is 11.2 Å². The number of hydrogen-bond acceptors (Lipinski definition) is 6. The number of benzene rings is 1. The lowest BCUT2D eigenvalue weighted by atomic mass is 9.91. The van der Waals surface area contributed by atoms with Crippen LogP contribution in [0.15, 0.2) is 41.1 Å². The molecular formula is C21H21N3O5. The van der Waals surface area contributed by atoms with Crippen molar-refractivity contribution in [2.45, 2.75) is 25.7 Å². The first-order valence-corrected chi connectivity index (χ1v) is 9.59. The van der Waals surface area contributed by atoms with Gasteiger partial charge in [0.2, 0.25) is 5.88 Å². The first kappa shape index (κ1) is 18.9. The van der Waals surface area contributed by atoms with E-state index in [2.05, 4.69) is 10.1 Å². The normalized spacial score (nSPS) is 14.8. The minimum Gasteiger partial charge on any atom is -0.465 e. The summed E-state index contributed by atoms with van der Waals surface area (Å²) < 4.78 is 11.2. The molecule has 4 rings (SSSR count). The van der Waals surface area contributed by atoms with Crippen molar-refractivity contribution < 1.29 is 24.0 Å². The minimum absolute atomic E-state index is 0.307. The molecule has 3 aromatic rings. The molecule has 150 valence electrons. The molecule has 1 aromatic carbocycles. The van der Waals surface area contributed by atoms with Crippen LogP contribution in [0.2, 0.25) is 0 Å². The summed E-state index contributed by atoms with van der Waals surface area (Å²) in [6.07, 6.45) is 4.78. The zero-order valence-corrected chi connectivity index (χ0v) is 15.8. The van der Waals surface area contributed by atoms with Crippen LogP contribution in [0.4, 0.5) is 4.79 Å². The fourth-order valence-electron chi connectivity index (χ4n) is 3.71. The van der Waals surface area contributed by atoms with E-state index in [9.17, 15) is 9.59 Å². The van der Waals surface area contributed by atoms with E-state index in [1.165, 1.54) is 4.90 Å². The van der Waals surface area contributed by atoms with Gasteiger partial charge in [0.15, 0.2) is 11.9 Å². The Kier molecular flexibility index (Phi) is 5.41. The molecule has 0 spiro atoms. The van der Waals surface area contributed by atoms with Crippen LogP contribution in [0.1, 0.15) is 35.3 Å². The summed E-state index contributed by atoms with van der Waals surface area (Å²) in [5.41, 5.74) is 1.51. The van der Waals surface area contributed by atoms with Gasteiger partial charge < -0.3 is 19.3 Å². The third-order valence-electron chi connectivity index (χ3n) is 5.36. The molecule has 0 saturated carbocycles. The molecule has 3 heterocycles. The number of amides is 1. The van der Waals surface area contributed by atoms with Crippen molar-refractivity contribution in [3.05, 3.63) is 47.8 Å². The van der Waals surface area contributed by atoms with Crippen molar-refractivity contribution in [1.29, 1.82) is 0 Å². The van der Waals surface area contributed by atoms with Crippen molar-refractivity contribution in [3.63, 3.8) is 0 Å². The lowest BCUT2D eigenvalue weighted by molar-refractivity contribution is 0.112. The highest BCUT2D eigenvalue weighted by Gasteiger charge is 2.23. The van der Waals surface area contributed by atoms with E-state index in [1.54, 1.807) is 30.5 Å². The van der Waals surface area contributed by atoms with E-state index in [1.807, 2.05) is 6.07 Å². The van der Waals surface area contributed by atoms with E-state index in [0.29, 0.717) is 54.5 Å². The number of ether oxygens (including phenoxy) is 1. The maximum absolute atomic E-state index is 11.7. The summed E-state index contributed by atoms with van der Waals surface area (Å²) in [5, 5.41) is 14.0. The molecule has 1 aliphatic rings. The zero-order chi connectivity index (χ0) is 20.2. The Morgan fingerprint density at radius 1 is 1.28 bits per heavy atom. The van der Waals surface area contributed by atoms with Gasteiger partial charge in [-0.3, -0.25) is 4.79 Å². The number of aldehydes is 1. The number of likely N-dealkylation sites (tertiary alicyclic amines) is 1. The highest BCUT2D eigenvalue weighted by molar-refractivity contribution is 5.98. The van der Waals surface area contributed by atoms with E-state index in [0.717, 1.165) is 30.3 Å². The number of fused-ring (bicyclic) bond motifs is 1. The zero-order valence-electron chi connectivity index (χ0n) is 15.8. The number of nitrogens with zero attached hydrogens (tertiary/aromatic N) is 3. The standard InChI is InChI=1S/C21H21N3O5/c25-13-16-18(28-19-3-1-2-10-22-19)7-5-15-17(23-29-20(15)16)6-4-14-8-11-24(12-9-14)21(26)27/h1-3,5,7,10,13-14H,4,6,8-9,11-12H2,(H,26,27). The van der Waals surface area contributed by atoms with E-state index in [4.69, 9.17) is 14.4 Å². The monoisotopic (exact) mass is 395 g/mol. The number of rotatable bonds is 6. The molecule has 0 unspecified atom stereocenters. The third-order valence-corrected chi connectivity index (χ3v) is 5.36. The lowest BCUT2D eigenvalue weighted by Crippen LogP contribution is -2.37. The molecular weight excluding hydrogens is 374 g/mol. The van der Waals surface area contributed by atoms with Gasteiger partial charge >= 0.3 is 6.09 Å². The average Bonchev–Trinajstić information content (AvgIpc) is 3.16. The van der Waals surface area contributed by atoms with Crippen LogP contribution >= 0.6 is 0 Å². The Bertz CT molecular complexity index is 1010. The summed E-state index contributed by atoms with van der Waals surface area (Å²) in [4.78, 5) is 28.3. The Balaban J connectivity index is 1.47. The number of carboxylic acid groups (broad SMARTS) is 1. The highest BCUT2D eigenvalue weighted by atomic mass is 16.5. The second-order valence-corrected chi connectivity index (χ2v) is 7.12. The summed E-state index contributed by atoms with van der Waals surface area (Å²) in [6.45, 7) is 1.14. The number of pyridine rings is 1. The summed E-state index contributed by atoms with van der Waals surface area (Å²) >= 11 is 0. The first-order valence-electron chi connectivity index (χ1n) is 9.59. The van der Waals surface area contributed by atoms with Gasteiger partial charge in [0, 0.05) is 30.7 Å². The fraction of sp³-hybridized carbons (Fsp3) is 0.333. The number of aryl methyl sites for hydroxylation is 1. The first-order chi connectivity index (χ1) is 14.2. The summed E-state index contributed by atoms with van der Waals surface area (Å²) in [7, 11) is 0. The Labute approximate surface area is 167 Å². The predicted octanol–water partition coefficient (Wildman–Crippen LogP) is 4.15. The highest BCUT2D eigenvalue weighted by Crippen LogP contribution is 2.32. The predicted molar refractivity (Wildman–Crippen MR) is 104 cm³/mol. The van der Waals surface area contributed by atoms with Crippen LogP contribution in [-0.2, 0) is 6.42 Å². The lowest BCUT2D eigenvalue weighted by Gasteiger charge is -2.29. The van der Waals surface area contributed by atoms with Gasteiger partial charge in [-0.05, 0) is 49.8 Å². The van der Waals surface area contributed by atoms with Crippen molar-refractivity contribution in [1.82, 2.24) is 15.0 Å². The summed E-state index contributed by atoms with van der Waals surface area (Å²) in [5.74, 6) is 1.21. The minimum atomic E-state index is -0.851. The number of aromatic nitrogens is 2. The molecule has 8 nitrogen and oxygen atoms in total. The second-order valence-electron chi connectivity index (χ2n) is 7.12. The molecule has 1 amide bonds. The SMILES string of the molecule is O=Cc1c(Oc2ccccn2)ccc2c(CCC3CCN(C(=O)O)CC3)noc12. The molecule has 1 aliphatic heterocycles. The molecule has 1 N–H and O–H groups in total.